The molecule has 0 saturated carbocycles. The van der Waals surface area contributed by atoms with Crippen LogP contribution in [-0.4, -0.2) is 9.55 Å². The van der Waals surface area contributed by atoms with E-state index in [-0.39, 0.29) is 5.38 Å². The first kappa shape index (κ1) is 13.5. The van der Waals surface area contributed by atoms with E-state index in [1.165, 1.54) is 0 Å². The Bertz CT molecular complexity index is 717. The maximum absolute atomic E-state index is 6.31. The van der Waals surface area contributed by atoms with Crippen LogP contribution in [0.25, 0.3) is 11.0 Å². The van der Waals surface area contributed by atoms with Gasteiger partial charge in [-0.15, -0.1) is 11.6 Å². The molecule has 0 spiro atoms. The minimum Gasteiger partial charge on any atom is -0.469 e. The molecule has 20 heavy (non-hydrogen) atoms. The molecule has 3 nitrogen and oxygen atoms in total. The second kappa shape index (κ2) is 5.51. The molecule has 0 fully saturated rings. The van der Waals surface area contributed by atoms with E-state index in [0.717, 1.165) is 35.6 Å². The van der Waals surface area contributed by atoms with Crippen LogP contribution in [0.4, 0.5) is 0 Å². The summed E-state index contributed by atoms with van der Waals surface area (Å²) >= 11 is 12.6. The highest BCUT2D eigenvalue weighted by Gasteiger charge is 2.16. The van der Waals surface area contributed by atoms with E-state index in [1.54, 1.807) is 6.26 Å². The van der Waals surface area contributed by atoms with E-state index < -0.39 is 0 Å². The predicted molar refractivity (Wildman–Crippen MR) is 81.4 cm³/mol. The fraction of sp³-hybridized carbons (Fsp3) is 0.267. The molecule has 1 atom stereocenters. The molecule has 2 heterocycles. The molecule has 0 amide bonds. The van der Waals surface area contributed by atoms with Gasteiger partial charge in [0.05, 0.1) is 27.7 Å². The Morgan fingerprint density at radius 2 is 2.15 bits per heavy atom. The van der Waals surface area contributed by atoms with Gasteiger partial charge in [-0.3, -0.25) is 0 Å². The van der Waals surface area contributed by atoms with Gasteiger partial charge in [0.15, 0.2) is 0 Å². The first-order chi connectivity index (χ1) is 9.66. The molecule has 0 bridgehead atoms. The number of para-hydroxylation sites is 1. The van der Waals surface area contributed by atoms with Gasteiger partial charge in [-0.1, -0.05) is 17.7 Å². The van der Waals surface area contributed by atoms with Crippen LogP contribution in [-0.2, 0) is 13.0 Å². The quantitative estimate of drug-likeness (QED) is 0.647. The molecular formula is C15H14Cl2N2O. The van der Waals surface area contributed by atoms with Crippen LogP contribution in [0.5, 0.6) is 0 Å². The average Bonchev–Trinajstić information content (AvgIpc) is 3.03. The molecule has 1 unspecified atom stereocenters. The number of aromatic nitrogens is 2. The summed E-state index contributed by atoms with van der Waals surface area (Å²) in [6, 6.07) is 9.58. The molecule has 0 aliphatic rings. The van der Waals surface area contributed by atoms with E-state index in [0.29, 0.717) is 5.02 Å². The molecule has 104 valence electrons. The van der Waals surface area contributed by atoms with Gasteiger partial charge in [-0.05, 0) is 31.2 Å². The summed E-state index contributed by atoms with van der Waals surface area (Å²) in [6.45, 7) is 2.65. The second-order valence-electron chi connectivity index (χ2n) is 4.67. The smallest absolute Gasteiger partial charge is 0.127 e. The number of fused-ring (bicyclic) bond motifs is 1. The van der Waals surface area contributed by atoms with Crippen LogP contribution >= 0.6 is 23.2 Å². The van der Waals surface area contributed by atoms with Crippen molar-refractivity contribution in [3.8, 4) is 0 Å². The van der Waals surface area contributed by atoms with Gasteiger partial charge in [0, 0.05) is 13.0 Å². The number of benzene rings is 1. The number of alkyl halides is 1. The van der Waals surface area contributed by atoms with Crippen LogP contribution in [0, 0.1) is 0 Å². The van der Waals surface area contributed by atoms with Crippen molar-refractivity contribution < 1.29 is 4.42 Å². The standard InChI is InChI=1S/C15H14Cl2N2O/c1-10(16)15-18-13-6-2-5-12(17)14(13)19(15)8-7-11-4-3-9-20-11/h2-6,9-10H,7-8H2,1H3. The maximum atomic E-state index is 6.31. The lowest BCUT2D eigenvalue weighted by molar-refractivity contribution is 0.490. The summed E-state index contributed by atoms with van der Waals surface area (Å²) in [5.41, 5.74) is 1.81. The number of aryl methyl sites for hydroxylation is 2. The Balaban J connectivity index is 2.04. The van der Waals surface area contributed by atoms with Crippen molar-refractivity contribution in [2.75, 3.05) is 0 Å². The van der Waals surface area contributed by atoms with Gasteiger partial charge in [0.25, 0.3) is 0 Å². The van der Waals surface area contributed by atoms with Crippen LogP contribution in [0.3, 0.4) is 0 Å². The number of halogens is 2. The SMILES string of the molecule is CC(Cl)c1nc2cccc(Cl)c2n1CCc1ccco1. The van der Waals surface area contributed by atoms with Gasteiger partial charge in [0.2, 0.25) is 0 Å². The van der Waals surface area contributed by atoms with E-state index in [4.69, 9.17) is 27.6 Å². The molecule has 3 aromatic rings. The van der Waals surface area contributed by atoms with Gasteiger partial charge >= 0.3 is 0 Å². The molecule has 0 saturated heterocycles. The van der Waals surface area contributed by atoms with Gasteiger partial charge in [-0.2, -0.15) is 0 Å². The number of hydrogen-bond acceptors (Lipinski definition) is 2. The Hall–Kier alpha value is -1.45. The monoisotopic (exact) mass is 308 g/mol. The fourth-order valence-corrected chi connectivity index (χ4v) is 2.80. The molecule has 0 aliphatic heterocycles. The lowest BCUT2D eigenvalue weighted by Gasteiger charge is -2.10. The zero-order valence-electron chi connectivity index (χ0n) is 11.0. The topological polar surface area (TPSA) is 31.0 Å². The zero-order chi connectivity index (χ0) is 14.1. The third-order valence-corrected chi connectivity index (χ3v) is 3.76. The number of nitrogens with zero attached hydrogens (tertiary/aromatic N) is 2. The normalized spacial score (nSPS) is 12.9. The van der Waals surface area contributed by atoms with Gasteiger partial charge in [0.1, 0.15) is 11.6 Å². The van der Waals surface area contributed by atoms with Crippen molar-refractivity contribution in [2.24, 2.45) is 0 Å². The van der Waals surface area contributed by atoms with E-state index in [1.807, 2.05) is 37.3 Å². The Morgan fingerprint density at radius 1 is 1.30 bits per heavy atom. The molecule has 3 rings (SSSR count). The van der Waals surface area contributed by atoms with Crippen LogP contribution < -0.4 is 0 Å². The van der Waals surface area contributed by atoms with Crippen molar-refractivity contribution in [1.29, 1.82) is 0 Å². The molecule has 2 aromatic heterocycles. The molecular weight excluding hydrogens is 295 g/mol. The fourth-order valence-electron chi connectivity index (χ4n) is 2.37. The highest BCUT2D eigenvalue weighted by molar-refractivity contribution is 6.35. The minimum absolute atomic E-state index is 0.171. The summed E-state index contributed by atoms with van der Waals surface area (Å²) in [5.74, 6) is 1.77. The summed E-state index contributed by atoms with van der Waals surface area (Å²) in [4.78, 5) is 4.59. The largest absolute Gasteiger partial charge is 0.469 e. The van der Waals surface area contributed by atoms with Crippen LogP contribution in [0.2, 0.25) is 5.02 Å². The van der Waals surface area contributed by atoms with Crippen molar-refractivity contribution >= 4 is 34.2 Å². The van der Waals surface area contributed by atoms with E-state index in [2.05, 4.69) is 9.55 Å². The summed E-state index contributed by atoms with van der Waals surface area (Å²) < 4.78 is 7.46. The molecule has 0 aliphatic carbocycles. The lowest BCUT2D eigenvalue weighted by Crippen LogP contribution is -2.06. The number of hydrogen-bond donors (Lipinski definition) is 0. The highest BCUT2D eigenvalue weighted by Crippen LogP contribution is 2.29. The predicted octanol–water partition coefficient (Wildman–Crippen LogP) is 4.83. The highest BCUT2D eigenvalue weighted by atomic mass is 35.5. The van der Waals surface area contributed by atoms with E-state index in [9.17, 15) is 0 Å². The third kappa shape index (κ3) is 2.43. The second-order valence-corrected chi connectivity index (χ2v) is 5.74. The summed E-state index contributed by atoms with van der Waals surface area (Å²) in [6.07, 6.45) is 2.46. The van der Waals surface area contributed by atoms with Crippen LogP contribution in [0.15, 0.2) is 41.0 Å². The first-order valence-electron chi connectivity index (χ1n) is 6.48. The maximum Gasteiger partial charge on any atom is 0.127 e. The number of imidazole rings is 1. The van der Waals surface area contributed by atoms with Gasteiger partial charge in [-0.25, -0.2) is 4.98 Å². The van der Waals surface area contributed by atoms with E-state index >= 15 is 0 Å². The summed E-state index contributed by atoms with van der Waals surface area (Å²) in [5, 5.41) is 0.521. The molecule has 1 aromatic carbocycles. The third-order valence-electron chi connectivity index (χ3n) is 3.26. The summed E-state index contributed by atoms with van der Waals surface area (Å²) in [7, 11) is 0. The molecule has 0 N–H and O–H groups in total. The Morgan fingerprint density at radius 3 is 2.85 bits per heavy atom. The number of rotatable bonds is 4. The lowest BCUT2D eigenvalue weighted by atomic mass is 10.3. The Labute approximate surface area is 127 Å². The Kier molecular flexibility index (Phi) is 3.72. The van der Waals surface area contributed by atoms with Crippen molar-refractivity contribution in [3.05, 3.63) is 53.2 Å². The first-order valence-corrected chi connectivity index (χ1v) is 7.29. The van der Waals surface area contributed by atoms with Gasteiger partial charge < -0.3 is 8.98 Å². The van der Waals surface area contributed by atoms with Crippen molar-refractivity contribution in [1.82, 2.24) is 9.55 Å². The molecule has 0 radical (unpaired) electrons. The number of furan rings is 1. The van der Waals surface area contributed by atoms with Crippen molar-refractivity contribution in [2.45, 2.75) is 25.3 Å². The minimum atomic E-state index is -0.171. The molecule has 5 heteroatoms. The van der Waals surface area contributed by atoms with Crippen LogP contribution in [0.1, 0.15) is 23.9 Å². The zero-order valence-corrected chi connectivity index (χ0v) is 12.5. The average molecular weight is 309 g/mol. The van der Waals surface area contributed by atoms with Crippen molar-refractivity contribution in [3.63, 3.8) is 0 Å².